The third-order valence-corrected chi connectivity index (χ3v) is 4.62. The molecule has 1 aliphatic heterocycles. The fourth-order valence-corrected chi connectivity index (χ4v) is 2.97. The Morgan fingerprint density at radius 3 is 2.70 bits per heavy atom. The number of piperidine rings is 1. The molecule has 0 spiro atoms. The lowest BCUT2D eigenvalue weighted by molar-refractivity contribution is 0.220. The molecule has 0 amide bonds. The van der Waals surface area contributed by atoms with Crippen LogP contribution in [0.2, 0.25) is 0 Å². The van der Waals surface area contributed by atoms with Crippen LogP contribution < -0.4 is 5.32 Å². The number of hydrogen-bond acceptors (Lipinski definition) is 5. The highest BCUT2D eigenvalue weighted by Gasteiger charge is 2.37. The van der Waals surface area contributed by atoms with Crippen LogP contribution in [0.5, 0.6) is 0 Å². The van der Waals surface area contributed by atoms with Gasteiger partial charge in [-0.05, 0) is 38.9 Å². The van der Waals surface area contributed by atoms with E-state index in [4.69, 9.17) is 4.52 Å². The lowest BCUT2D eigenvalue weighted by Gasteiger charge is -2.33. The highest BCUT2D eigenvalue weighted by molar-refractivity contribution is 5.08. The fourth-order valence-electron chi connectivity index (χ4n) is 2.97. The van der Waals surface area contributed by atoms with E-state index in [1.165, 1.54) is 6.42 Å². The van der Waals surface area contributed by atoms with Gasteiger partial charge in [-0.2, -0.15) is 4.98 Å². The first kappa shape index (κ1) is 15.4. The van der Waals surface area contributed by atoms with Gasteiger partial charge in [-0.1, -0.05) is 25.9 Å². The Morgan fingerprint density at radius 1 is 1.30 bits per heavy atom. The summed E-state index contributed by atoms with van der Waals surface area (Å²) >= 11 is 0. The van der Waals surface area contributed by atoms with E-state index in [1.807, 2.05) is 0 Å². The van der Waals surface area contributed by atoms with Gasteiger partial charge < -0.3 is 14.7 Å². The SMILES string of the molecule is CCN(CC)CCc1noc(C2(CC)CCCNC2)n1. The standard InChI is InChI=1S/C15H28N4O/c1-4-15(9-7-10-16-12-15)14-17-13(18-20-14)8-11-19(5-2)6-3/h16H,4-12H2,1-3H3. The van der Waals surface area contributed by atoms with E-state index in [2.05, 4.69) is 41.1 Å². The van der Waals surface area contributed by atoms with Gasteiger partial charge in [0, 0.05) is 19.5 Å². The average Bonchev–Trinajstić information content (AvgIpc) is 2.98. The maximum Gasteiger partial charge on any atom is 0.234 e. The van der Waals surface area contributed by atoms with Crippen LogP contribution in [0.15, 0.2) is 4.52 Å². The smallest absolute Gasteiger partial charge is 0.234 e. The molecule has 1 saturated heterocycles. The summed E-state index contributed by atoms with van der Waals surface area (Å²) in [6.07, 6.45) is 4.26. The van der Waals surface area contributed by atoms with Gasteiger partial charge in [-0.15, -0.1) is 0 Å². The zero-order chi connectivity index (χ0) is 14.4. The predicted molar refractivity (Wildman–Crippen MR) is 79.9 cm³/mol. The quantitative estimate of drug-likeness (QED) is 0.828. The molecular formula is C15H28N4O. The molecule has 1 aromatic rings. The molecule has 1 unspecified atom stereocenters. The van der Waals surface area contributed by atoms with Crippen molar-refractivity contribution in [3.63, 3.8) is 0 Å². The number of hydrogen-bond donors (Lipinski definition) is 1. The summed E-state index contributed by atoms with van der Waals surface area (Å²) in [5.74, 6) is 1.69. The van der Waals surface area contributed by atoms with Crippen LogP contribution in [0.25, 0.3) is 0 Å². The Hall–Kier alpha value is -0.940. The highest BCUT2D eigenvalue weighted by Crippen LogP contribution is 2.33. The second kappa shape index (κ2) is 7.18. The van der Waals surface area contributed by atoms with E-state index in [-0.39, 0.29) is 5.41 Å². The van der Waals surface area contributed by atoms with Gasteiger partial charge in [0.25, 0.3) is 0 Å². The molecule has 20 heavy (non-hydrogen) atoms. The average molecular weight is 280 g/mol. The summed E-state index contributed by atoms with van der Waals surface area (Å²) in [5.41, 5.74) is 0.0543. The zero-order valence-corrected chi connectivity index (χ0v) is 13.1. The molecule has 5 heteroatoms. The molecule has 0 bridgehead atoms. The normalized spacial score (nSPS) is 23.4. The van der Waals surface area contributed by atoms with E-state index in [9.17, 15) is 0 Å². The van der Waals surface area contributed by atoms with Crippen LogP contribution in [-0.2, 0) is 11.8 Å². The third kappa shape index (κ3) is 3.38. The number of aromatic nitrogens is 2. The number of nitrogens with one attached hydrogen (secondary N) is 1. The van der Waals surface area contributed by atoms with Crippen LogP contribution >= 0.6 is 0 Å². The molecule has 0 aliphatic carbocycles. The molecule has 1 aromatic heterocycles. The van der Waals surface area contributed by atoms with Crippen molar-refractivity contribution in [3.05, 3.63) is 11.7 Å². The summed E-state index contributed by atoms with van der Waals surface area (Å²) in [7, 11) is 0. The maximum atomic E-state index is 5.58. The van der Waals surface area contributed by atoms with Gasteiger partial charge in [0.2, 0.25) is 5.89 Å². The second-order valence-corrected chi connectivity index (χ2v) is 5.71. The van der Waals surface area contributed by atoms with Gasteiger partial charge in [0.05, 0.1) is 5.41 Å². The molecule has 114 valence electrons. The van der Waals surface area contributed by atoms with Crippen molar-refractivity contribution in [1.29, 1.82) is 0 Å². The molecule has 2 rings (SSSR count). The van der Waals surface area contributed by atoms with Crippen LogP contribution in [0.4, 0.5) is 0 Å². The van der Waals surface area contributed by atoms with Crippen LogP contribution in [0.1, 0.15) is 51.7 Å². The van der Waals surface area contributed by atoms with Crippen molar-refractivity contribution >= 4 is 0 Å². The highest BCUT2D eigenvalue weighted by atomic mass is 16.5. The van der Waals surface area contributed by atoms with Crippen molar-refractivity contribution in [3.8, 4) is 0 Å². The fraction of sp³-hybridized carbons (Fsp3) is 0.867. The summed E-state index contributed by atoms with van der Waals surface area (Å²) < 4.78 is 5.58. The van der Waals surface area contributed by atoms with E-state index in [0.717, 1.165) is 63.7 Å². The summed E-state index contributed by atoms with van der Waals surface area (Å²) in [6.45, 7) is 11.8. The lowest BCUT2D eigenvalue weighted by Crippen LogP contribution is -2.43. The van der Waals surface area contributed by atoms with E-state index < -0.39 is 0 Å². The Morgan fingerprint density at radius 2 is 2.10 bits per heavy atom. The molecule has 2 heterocycles. The summed E-state index contributed by atoms with van der Waals surface area (Å²) in [5, 5.41) is 7.65. The Kier molecular flexibility index (Phi) is 5.54. The van der Waals surface area contributed by atoms with Crippen molar-refractivity contribution in [2.75, 3.05) is 32.7 Å². The van der Waals surface area contributed by atoms with Crippen molar-refractivity contribution in [2.45, 2.75) is 51.9 Å². The Labute approximate surface area is 122 Å². The monoisotopic (exact) mass is 280 g/mol. The largest absolute Gasteiger partial charge is 0.339 e. The Balaban J connectivity index is 2.00. The minimum atomic E-state index is 0.0543. The molecular weight excluding hydrogens is 252 g/mol. The lowest BCUT2D eigenvalue weighted by atomic mass is 9.78. The van der Waals surface area contributed by atoms with Gasteiger partial charge in [-0.3, -0.25) is 0 Å². The van der Waals surface area contributed by atoms with Gasteiger partial charge >= 0.3 is 0 Å². The second-order valence-electron chi connectivity index (χ2n) is 5.71. The number of likely N-dealkylation sites (N-methyl/N-ethyl adjacent to an activating group) is 1. The Bertz CT molecular complexity index is 394. The van der Waals surface area contributed by atoms with Crippen molar-refractivity contribution < 1.29 is 4.52 Å². The zero-order valence-electron chi connectivity index (χ0n) is 13.1. The third-order valence-electron chi connectivity index (χ3n) is 4.62. The minimum Gasteiger partial charge on any atom is -0.339 e. The molecule has 0 radical (unpaired) electrons. The van der Waals surface area contributed by atoms with Crippen LogP contribution in [0, 0.1) is 0 Å². The molecule has 5 nitrogen and oxygen atoms in total. The van der Waals surface area contributed by atoms with Crippen molar-refractivity contribution in [1.82, 2.24) is 20.4 Å². The first-order valence-electron chi connectivity index (χ1n) is 8.00. The molecule has 1 aliphatic rings. The predicted octanol–water partition coefficient (Wildman–Crippen LogP) is 1.99. The first-order chi connectivity index (χ1) is 9.74. The van der Waals surface area contributed by atoms with Gasteiger partial charge in [0.1, 0.15) is 0 Å². The van der Waals surface area contributed by atoms with E-state index in [0.29, 0.717) is 0 Å². The molecule has 1 fully saturated rings. The summed E-state index contributed by atoms with van der Waals surface area (Å²) in [4.78, 5) is 7.06. The van der Waals surface area contributed by atoms with Gasteiger partial charge in [-0.25, -0.2) is 0 Å². The maximum absolute atomic E-state index is 5.58. The minimum absolute atomic E-state index is 0.0543. The number of nitrogens with zero attached hydrogens (tertiary/aromatic N) is 3. The molecule has 0 aromatic carbocycles. The van der Waals surface area contributed by atoms with Crippen LogP contribution in [0.3, 0.4) is 0 Å². The topological polar surface area (TPSA) is 54.2 Å². The van der Waals surface area contributed by atoms with Crippen molar-refractivity contribution in [2.24, 2.45) is 0 Å². The molecule has 0 saturated carbocycles. The first-order valence-corrected chi connectivity index (χ1v) is 8.00. The summed E-state index contributed by atoms with van der Waals surface area (Å²) in [6, 6.07) is 0. The molecule has 1 N–H and O–H groups in total. The number of rotatable bonds is 7. The van der Waals surface area contributed by atoms with Gasteiger partial charge in [0.15, 0.2) is 5.82 Å². The van der Waals surface area contributed by atoms with E-state index in [1.54, 1.807) is 0 Å². The van der Waals surface area contributed by atoms with Crippen LogP contribution in [-0.4, -0.2) is 47.8 Å². The molecule has 1 atom stereocenters. The van der Waals surface area contributed by atoms with E-state index >= 15 is 0 Å².